The number of aromatic nitrogens is 2. The molecule has 0 bridgehead atoms. The minimum absolute atomic E-state index is 0. The molecule has 27 heavy (non-hydrogen) atoms. The van der Waals surface area contributed by atoms with Crippen LogP contribution in [0, 0.1) is 17.1 Å². The van der Waals surface area contributed by atoms with Crippen molar-refractivity contribution in [3.63, 3.8) is 0 Å². The minimum Gasteiger partial charge on any atom is -0.450 e. The van der Waals surface area contributed by atoms with Gasteiger partial charge in [-0.25, -0.2) is 9.37 Å². The van der Waals surface area contributed by atoms with Crippen molar-refractivity contribution in [2.75, 3.05) is 0 Å². The van der Waals surface area contributed by atoms with Crippen LogP contribution in [-0.4, -0.2) is 9.97 Å². The maximum atomic E-state index is 13.0. The fourth-order valence-corrected chi connectivity index (χ4v) is 3.26. The van der Waals surface area contributed by atoms with Crippen molar-refractivity contribution in [3.05, 3.63) is 77.8 Å². The van der Waals surface area contributed by atoms with Crippen LogP contribution in [-0.2, 0) is 0 Å². The molecule has 134 valence electrons. The molecule has 0 saturated carbocycles. The molecule has 0 unspecified atom stereocenters. The first-order valence-corrected chi connectivity index (χ1v) is 8.63. The molecule has 0 aliphatic heterocycles. The van der Waals surface area contributed by atoms with E-state index in [-0.39, 0.29) is 18.2 Å². The number of nitriles is 1. The average Bonchev–Trinajstić information content (AvgIpc) is 3.26. The van der Waals surface area contributed by atoms with E-state index in [0.29, 0.717) is 22.0 Å². The number of para-hydroxylation sites is 2. The highest BCUT2D eigenvalue weighted by Gasteiger charge is 2.09. The van der Waals surface area contributed by atoms with E-state index in [4.69, 9.17) is 4.42 Å². The third kappa shape index (κ3) is 4.22. The van der Waals surface area contributed by atoms with Crippen LogP contribution < -0.4 is 0 Å². The molecule has 0 fully saturated rings. The van der Waals surface area contributed by atoms with Crippen molar-refractivity contribution < 1.29 is 8.81 Å². The number of H-pyrrole nitrogens is 1. The molecule has 4 aromatic rings. The number of rotatable bonds is 4. The van der Waals surface area contributed by atoms with Crippen LogP contribution in [0.4, 0.5) is 4.39 Å². The van der Waals surface area contributed by atoms with Crippen LogP contribution >= 0.6 is 24.2 Å². The van der Waals surface area contributed by atoms with E-state index in [2.05, 4.69) is 16.0 Å². The van der Waals surface area contributed by atoms with Gasteiger partial charge in [-0.2, -0.15) is 5.26 Å². The number of halogens is 2. The largest absolute Gasteiger partial charge is 0.450 e. The van der Waals surface area contributed by atoms with Crippen LogP contribution in [0.1, 0.15) is 11.3 Å². The lowest BCUT2D eigenvalue weighted by atomic mass is 10.1. The fraction of sp³-hybridized carbons (Fsp3) is 0. The van der Waals surface area contributed by atoms with Gasteiger partial charge in [-0.05, 0) is 59.8 Å². The van der Waals surface area contributed by atoms with E-state index >= 15 is 0 Å². The number of benzene rings is 2. The molecule has 0 aliphatic rings. The number of furan rings is 1. The van der Waals surface area contributed by atoms with Crippen LogP contribution in [0.25, 0.3) is 22.7 Å². The molecule has 4 rings (SSSR count). The van der Waals surface area contributed by atoms with Gasteiger partial charge in [-0.15, -0.1) is 12.4 Å². The molecule has 1 N–H and O–H groups in total. The summed E-state index contributed by atoms with van der Waals surface area (Å²) in [7, 11) is 0. The van der Waals surface area contributed by atoms with E-state index in [9.17, 15) is 9.65 Å². The maximum Gasteiger partial charge on any atom is 0.174 e. The SMILES string of the molecule is Cl.N#C/C(=C/c1ccc(Sc2nc3ccccc3[nH]2)o1)c1ccc(F)cc1. The number of fused-ring (bicyclic) bond motifs is 1. The first-order chi connectivity index (χ1) is 12.7. The van der Waals surface area contributed by atoms with Gasteiger partial charge >= 0.3 is 0 Å². The number of nitrogens with one attached hydrogen (secondary N) is 1. The zero-order valence-electron chi connectivity index (χ0n) is 13.8. The molecule has 0 atom stereocenters. The fourth-order valence-electron chi connectivity index (χ4n) is 2.49. The lowest BCUT2D eigenvalue weighted by Crippen LogP contribution is -1.82. The van der Waals surface area contributed by atoms with Crippen LogP contribution in [0.5, 0.6) is 0 Å². The Hall–Kier alpha value is -3.01. The first-order valence-electron chi connectivity index (χ1n) is 7.81. The molecule has 7 heteroatoms. The number of aromatic amines is 1. The van der Waals surface area contributed by atoms with E-state index < -0.39 is 0 Å². The van der Waals surface area contributed by atoms with Gasteiger partial charge < -0.3 is 9.40 Å². The second-order valence-corrected chi connectivity index (χ2v) is 6.49. The molecule has 0 spiro atoms. The third-order valence-corrected chi connectivity index (χ3v) is 4.54. The van der Waals surface area contributed by atoms with Crippen molar-refractivity contribution in [2.45, 2.75) is 10.2 Å². The summed E-state index contributed by atoms with van der Waals surface area (Å²) in [6.07, 6.45) is 1.63. The Kier molecular flexibility index (Phi) is 5.65. The van der Waals surface area contributed by atoms with Gasteiger partial charge in [-0.3, -0.25) is 0 Å². The highest BCUT2D eigenvalue weighted by atomic mass is 35.5. The van der Waals surface area contributed by atoms with Crippen molar-refractivity contribution in [2.24, 2.45) is 0 Å². The Morgan fingerprint density at radius 1 is 1.11 bits per heavy atom. The van der Waals surface area contributed by atoms with Gasteiger partial charge in [0.25, 0.3) is 0 Å². The quantitative estimate of drug-likeness (QED) is 0.433. The number of allylic oxidation sites excluding steroid dienone is 1. The Bertz CT molecular complexity index is 1110. The topological polar surface area (TPSA) is 65.6 Å². The van der Waals surface area contributed by atoms with Crippen molar-refractivity contribution in [1.82, 2.24) is 9.97 Å². The molecule has 0 saturated heterocycles. The number of imidazole rings is 1. The van der Waals surface area contributed by atoms with Crippen molar-refractivity contribution in [3.8, 4) is 6.07 Å². The van der Waals surface area contributed by atoms with Crippen LogP contribution in [0.15, 0.2) is 75.3 Å². The predicted molar refractivity (Wildman–Crippen MR) is 106 cm³/mol. The highest BCUT2D eigenvalue weighted by Crippen LogP contribution is 2.30. The second-order valence-electron chi connectivity index (χ2n) is 5.49. The maximum absolute atomic E-state index is 13.0. The molecular weight excluding hydrogens is 385 g/mol. The Morgan fingerprint density at radius 3 is 2.63 bits per heavy atom. The van der Waals surface area contributed by atoms with Gasteiger partial charge in [0.15, 0.2) is 10.2 Å². The molecule has 4 nitrogen and oxygen atoms in total. The molecule has 0 aliphatic carbocycles. The summed E-state index contributed by atoms with van der Waals surface area (Å²) >= 11 is 1.37. The second kappa shape index (κ2) is 8.12. The number of hydrogen-bond acceptors (Lipinski definition) is 4. The van der Waals surface area contributed by atoms with Crippen molar-refractivity contribution in [1.29, 1.82) is 5.26 Å². The normalized spacial score (nSPS) is 11.2. The summed E-state index contributed by atoms with van der Waals surface area (Å²) in [5.41, 5.74) is 2.89. The van der Waals surface area contributed by atoms with E-state index in [0.717, 1.165) is 16.2 Å². The summed E-state index contributed by atoms with van der Waals surface area (Å²) < 4.78 is 18.8. The molecular formula is C20H13ClFN3OS. The van der Waals surface area contributed by atoms with Gasteiger partial charge in [0, 0.05) is 0 Å². The zero-order chi connectivity index (χ0) is 17.9. The first kappa shape index (κ1) is 18.8. The van der Waals surface area contributed by atoms with E-state index in [1.165, 1.54) is 23.9 Å². The predicted octanol–water partition coefficient (Wildman–Crippen LogP) is 5.93. The van der Waals surface area contributed by atoms with E-state index in [1.807, 2.05) is 30.3 Å². The standard InChI is InChI=1S/C20H12FN3OS.ClH/c21-15-7-5-13(6-8-15)14(12-22)11-16-9-10-19(25-16)26-20-23-17-3-1-2-4-18(17)24-20;/h1-11H,(H,23,24);1H/b14-11-;. The summed E-state index contributed by atoms with van der Waals surface area (Å²) in [6.45, 7) is 0. The Morgan fingerprint density at radius 2 is 1.89 bits per heavy atom. The van der Waals surface area contributed by atoms with Crippen molar-refractivity contribution >= 4 is 46.9 Å². The smallest absolute Gasteiger partial charge is 0.174 e. The monoisotopic (exact) mass is 397 g/mol. The van der Waals surface area contributed by atoms with Gasteiger partial charge in [0.05, 0.1) is 22.7 Å². The summed E-state index contributed by atoms with van der Waals surface area (Å²) in [5, 5.41) is 10.7. The molecule has 2 heterocycles. The van der Waals surface area contributed by atoms with Crippen LogP contribution in [0.3, 0.4) is 0 Å². The number of hydrogen-bond donors (Lipinski definition) is 1. The minimum atomic E-state index is -0.339. The Balaban J connectivity index is 0.00000210. The van der Waals surface area contributed by atoms with Gasteiger partial charge in [-0.1, -0.05) is 24.3 Å². The summed E-state index contributed by atoms with van der Waals surface area (Å²) in [4.78, 5) is 7.72. The lowest BCUT2D eigenvalue weighted by Gasteiger charge is -1.98. The van der Waals surface area contributed by atoms with Crippen LogP contribution in [0.2, 0.25) is 0 Å². The molecule has 2 aromatic heterocycles. The molecule has 0 radical (unpaired) electrons. The van der Waals surface area contributed by atoms with E-state index in [1.54, 1.807) is 24.3 Å². The highest BCUT2D eigenvalue weighted by molar-refractivity contribution is 7.99. The summed E-state index contributed by atoms with van der Waals surface area (Å²) in [5.74, 6) is 0.207. The molecule has 2 aromatic carbocycles. The zero-order valence-corrected chi connectivity index (χ0v) is 15.5. The lowest BCUT2D eigenvalue weighted by molar-refractivity contribution is 0.466. The Labute approximate surface area is 165 Å². The molecule has 0 amide bonds. The third-order valence-electron chi connectivity index (χ3n) is 3.73. The van der Waals surface area contributed by atoms with Gasteiger partial charge in [0.1, 0.15) is 11.6 Å². The number of nitrogens with zero attached hydrogens (tertiary/aromatic N) is 2. The van der Waals surface area contributed by atoms with Gasteiger partial charge in [0.2, 0.25) is 0 Å². The average molecular weight is 398 g/mol. The summed E-state index contributed by atoms with van der Waals surface area (Å²) in [6, 6.07) is 19.3.